The number of carbonyl (C=O) groups excluding carboxylic acids is 9. The van der Waals surface area contributed by atoms with Crippen LogP contribution in [0.5, 0.6) is 0 Å². The maximum Gasteiger partial charge on any atom is 0.326 e. The molecule has 0 radical (unpaired) electrons. The second kappa shape index (κ2) is 40.9. The molecular weight excluding hydrogens is 1210 g/mol. The molecule has 93 heavy (non-hydrogen) atoms. The van der Waals surface area contributed by atoms with Crippen molar-refractivity contribution in [2.24, 2.45) is 50.5 Å². The molecule has 0 heterocycles. The molecule has 9 amide bonds. The summed E-state index contributed by atoms with van der Waals surface area (Å²) in [5, 5.41) is 62.9. The number of hydrogen-bond acceptors (Lipinski definition) is 16. The van der Waals surface area contributed by atoms with Crippen LogP contribution in [0.2, 0.25) is 0 Å². The molecule has 3 aromatic rings. The summed E-state index contributed by atoms with van der Waals surface area (Å²) in [6.45, 7) is 5.11. The average Bonchev–Trinajstić information content (AvgIpc) is 1.000. The number of aliphatic hydroxyl groups is 2. The van der Waals surface area contributed by atoms with Gasteiger partial charge in [0.15, 0.2) is 11.9 Å². The first-order valence-electron chi connectivity index (χ1n) is 30.5. The average molecular weight is 1300 g/mol. The lowest BCUT2D eigenvalue weighted by Gasteiger charge is -2.30. The van der Waals surface area contributed by atoms with Crippen molar-refractivity contribution in [1.82, 2.24) is 47.9 Å². The van der Waals surface area contributed by atoms with Gasteiger partial charge in [-0.15, -0.1) is 0 Å². The predicted molar refractivity (Wildman–Crippen MR) is 343 cm³/mol. The Bertz CT molecular complexity index is 2990. The van der Waals surface area contributed by atoms with Crippen molar-refractivity contribution in [3.63, 3.8) is 0 Å². The largest absolute Gasteiger partial charge is 0.481 e. The molecule has 11 atom stereocenters. The topological polar surface area (TPSA) is 532 Å². The molecule has 0 spiro atoms. The quantitative estimate of drug-likeness (QED) is 0.0149. The van der Waals surface area contributed by atoms with E-state index in [2.05, 4.69) is 57.8 Å². The lowest BCUT2D eigenvalue weighted by atomic mass is 9.96. The number of carboxylic acid groups (broad SMARTS) is 2. The maximum atomic E-state index is 14.6. The van der Waals surface area contributed by atoms with Crippen molar-refractivity contribution in [3.8, 4) is 0 Å². The van der Waals surface area contributed by atoms with Gasteiger partial charge >= 0.3 is 11.9 Å². The molecule has 510 valence electrons. The minimum Gasteiger partial charge on any atom is -0.481 e. The summed E-state index contributed by atoms with van der Waals surface area (Å²) in [7, 11) is 0. The molecule has 3 aromatic carbocycles. The number of amides is 9. The molecule has 0 aromatic heterocycles. The number of aliphatic carboxylic acids is 2. The van der Waals surface area contributed by atoms with Gasteiger partial charge < -0.3 is 96.9 Å². The van der Waals surface area contributed by atoms with Crippen molar-refractivity contribution in [1.29, 1.82) is 0 Å². The second-order valence-electron chi connectivity index (χ2n) is 22.7. The van der Waals surface area contributed by atoms with E-state index in [0.29, 0.717) is 29.5 Å². The predicted octanol–water partition coefficient (Wildman–Crippen LogP) is -3.46. The van der Waals surface area contributed by atoms with Gasteiger partial charge in [-0.2, -0.15) is 0 Å². The van der Waals surface area contributed by atoms with Gasteiger partial charge in [-0.05, 0) is 67.1 Å². The van der Waals surface area contributed by atoms with Crippen molar-refractivity contribution in [2.45, 2.75) is 159 Å². The molecule has 0 fully saturated rings. The number of nitrogens with two attached hydrogens (primary N) is 5. The molecule has 31 heteroatoms. The summed E-state index contributed by atoms with van der Waals surface area (Å²) in [6.07, 6.45) is -0.646. The third-order valence-corrected chi connectivity index (χ3v) is 14.7. The molecule has 0 saturated heterocycles. The van der Waals surface area contributed by atoms with E-state index in [1.807, 2.05) is 13.8 Å². The van der Waals surface area contributed by atoms with E-state index < -0.39 is 157 Å². The van der Waals surface area contributed by atoms with E-state index in [9.17, 15) is 73.2 Å². The minimum absolute atomic E-state index is 0.0453. The number of guanidine groups is 2. The van der Waals surface area contributed by atoms with Crippen LogP contribution in [0.25, 0.3) is 0 Å². The molecule has 3 rings (SSSR count). The molecule has 0 bridgehead atoms. The van der Waals surface area contributed by atoms with E-state index in [0.717, 1.165) is 0 Å². The minimum atomic E-state index is -1.86. The highest BCUT2D eigenvalue weighted by molar-refractivity contribution is 5.99. The van der Waals surface area contributed by atoms with E-state index in [4.69, 9.17) is 28.7 Å². The van der Waals surface area contributed by atoms with Gasteiger partial charge in [0.2, 0.25) is 53.2 Å². The summed E-state index contributed by atoms with van der Waals surface area (Å²) in [5.41, 5.74) is 29.6. The van der Waals surface area contributed by atoms with Gasteiger partial charge in [0.05, 0.1) is 19.3 Å². The number of nitrogens with one attached hydrogen (secondary N) is 9. The van der Waals surface area contributed by atoms with Crippen LogP contribution >= 0.6 is 0 Å². The lowest BCUT2D eigenvalue weighted by Crippen LogP contribution is -2.62. The van der Waals surface area contributed by atoms with E-state index >= 15 is 0 Å². The fraction of sp³-hybridized carbons (Fsp3) is 0.500. The van der Waals surface area contributed by atoms with Crippen LogP contribution in [0.4, 0.5) is 0 Å². The standard InChI is InChI=1S/C62H92N16O15/c1-5-36(4)50(78-52(84)41(24-16-28-69-62(66)67)70-53(85)43(29-35(2)3)72-51(83)40(63)23-15-27-68-61(64)65)59(91)75-46(32-39-21-13-8-14-22-39)56(88)76-48(34-80)58(90)77-47(33-79)57(89)74-45(31-38-19-11-7-12-20-38)55(87)73-44(30-37-17-9-6-10-18-37)54(86)71-42(60(92)93)25-26-49(81)82/h6-14,17-22,35-36,40-48,50,79-80H,5,15-16,23-34,63H2,1-4H3,(H,70,85)(H,71,86)(H,72,83)(H,73,87)(H,74,89)(H,75,91)(H,76,88)(H,77,90)(H,78,84)(H,81,82)(H,92,93)(H4,64,65,68)(H4,66,67,69)/t36-,40-,41-,42-,43-,44-,45-,46-,47-,48-,50-/m0/s1. The third kappa shape index (κ3) is 29.0. The summed E-state index contributed by atoms with van der Waals surface area (Å²) >= 11 is 0. The van der Waals surface area contributed by atoms with E-state index in [1.165, 1.54) is 0 Å². The van der Waals surface area contributed by atoms with Gasteiger partial charge in [-0.3, -0.25) is 57.9 Å². The van der Waals surface area contributed by atoms with Gasteiger partial charge in [0.25, 0.3) is 0 Å². The van der Waals surface area contributed by atoms with Crippen LogP contribution in [-0.2, 0) is 72.0 Å². The summed E-state index contributed by atoms with van der Waals surface area (Å²) in [6, 6.07) is 10.0. The summed E-state index contributed by atoms with van der Waals surface area (Å²) in [5.74, 6) is -12.4. The SMILES string of the molecule is CC[C@H](C)[C@H](NC(=O)[C@H](CCCN=C(N)N)NC(=O)[C@H](CC(C)C)NC(=O)[C@@H](N)CCCN=C(N)N)C(=O)N[C@@H](Cc1ccccc1)C(=O)N[C@@H](CO)C(=O)N[C@@H](CO)C(=O)N[C@@H](Cc1ccccc1)C(=O)N[C@@H](Cc1ccccc1)C(=O)N[C@@H](CCC(=O)O)C(=O)O. The van der Waals surface area contributed by atoms with Crippen LogP contribution in [0.15, 0.2) is 101 Å². The molecule has 0 unspecified atom stereocenters. The Balaban J connectivity index is 1.91. The maximum absolute atomic E-state index is 14.6. The normalized spacial score (nSPS) is 14.5. The Hall–Kier alpha value is -9.75. The van der Waals surface area contributed by atoms with Crippen molar-refractivity contribution < 1.29 is 73.2 Å². The number of hydrogen-bond donors (Lipinski definition) is 18. The zero-order chi connectivity index (χ0) is 69.2. The van der Waals surface area contributed by atoms with Crippen LogP contribution in [0.3, 0.4) is 0 Å². The van der Waals surface area contributed by atoms with Crippen molar-refractivity contribution in [2.75, 3.05) is 26.3 Å². The molecule has 0 saturated carbocycles. The number of aliphatic hydroxyl groups excluding tert-OH is 2. The van der Waals surface area contributed by atoms with Crippen LogP contribution in [-0.4, -0.2) is 184 Å². The Morgan fingerprint density at radius 3 is 1.15 bits per heavy atom. The van der Waals surface area contributed by atoms with Crippen LogP contribution < -0.4 is 76.5 Å². The van der Waals surface area contributed by atoms with Crippen molar-refractivity contribution >= 4 is 77.0 Å². The van der Waals surface area contributed by atoms with Gasteiger partial charge in [-0.25, -0.2) is 4.79 Å². The highest BCUT2D eigenvalue weighted by Gasteiger charge is 2.37. The number of carbonyl (C=O) groups is 11. The fourth-order valence-electron chi connectivity index (χ4n) is 9.35. The van der Waals surface area contributed by atoms with Crippen LogP contribution in [0.1, 0.15) is 95.8 Å². The number of rotatable bonds is 42. The van der Waals surface area contributed by atoms with Gasteiger partial charge in [0, 0.05) is 38.8 Å². The molecule has 23 N–H and O–H groups in total. The highest BCUT2D eigenvalue weighted by atomic mass is 16.4. The Morgan fingerprint density at radius 1 is 0.430 bits per heavy atom. The lowest BCUT2D eigenvalue weighted by molar-refractivity contribution is -0.143. The third-order valence-electron chi connectivity index (χ3n) is 14.7. The Kier molecular flexibility index (Phi) is 34.1. The molecular formula is C62H92N16O15. The highest BCUT2D eigenvalue weighted by Crippen LogP contribution is 2.15. The number of nitrogens with zero attached hydrogens (tertiary/aromatic N) is 2. The smallest absolute Gasteiger partial charge is 0.326 e. The summed E-state index contributed by atoms with van der Waals surface area (Å²) < 4.78 is 0. The zero-order valence-corrected chi connectivity index (χ0v) is 52.8. The first kappa shape index (κ1) is 77.5. The first-order chi connectivity index (χ1) is 44.2. The monoisotopic (exact) mass is 1300 g/mol. The Morgan fingerprint density at radius 2 is 0.774 bits per heavy atom. The molecule has 0 aliphatic carbocycles. The fourth-order valence-corrected chi connectivity index (χ4v) is 9.35. The number of benzene rings is 3. The Labute approximate surface area is 539 Å². The first-order valence-corrected chi connectivity index (χ1v) is 30.5. The zero-order valence-electron chi connectivity index (χ0n) is 52.8. The summed E-state index contributed by atoms with van der Waals surface area (Å²) in [4.78, 5) is 158. The molecule has 0 aliphatic rings. The van der Waals surface area contributed by atoms with Crippen LogP contribution in [0, 0.1) is 11.8 Å². The second-order valence-corrected chi connectivity index (χ2v) is 22.7. The van der Waals surface area contributed by atoms with Crippen molar-refractivity contribution in [3.05, 3.63) is 108 Å². The van der Waals surface area contributed by atoms with E-state index in [1.54, 1.807) is 105 Å². The van der Waals surface area contributed by atoms with Gasteiger partial charge in [-0.1, -0.05) is 125 Å². The van der Waals surface area contributed by atoms with Gasteiger partial charge in [0.1, 0.15) is 54.4 Å². The number of aliphatic imine (C=N–C) groups is 2. The number of carboxylic acids is 2. The molecule has 31 nitrogen and oxygen atoms in total. The van der Waals surface area contributed by atoms with E-state index in [-0.39, 0.29) is 75.9 Å². The molecule has 0 aliphatic heterocycles.